The van der Waals surface area contributed by atoms with Crippen molar-refractivity contribution in [2.75, 3.05) is 14.7 Å². The van der Waals surface area contributed by atoms with Gasteiger partial charge in [0.05, 0.1) is 0 Å². The van der Waals surface area contributed by atoms with Crippen LogP contribution in [0.1, 0.15) is 16.7 Å². The first kappa shape index (κ1) is 39.8. The van der Waals surface area contributed by atoms with Gasteiger partial charge in [-0.15, -0.1) is 0 Å². The van der Waals surface area contributed by atoms with Gasteiger partial charge in [0, 0.05) is 68.5 Å². The Morgan fingerprint density at radius 1 is 0.302 bits per heavy atom. The number of para-hydroxylation sites is 6. The zero-order chi connectivity index (χ0) is 42.6. The van der Waals surface area contributed by atoms with Crippen molar-refractivity contribution in [3.05, 3.63) is 271 Å². The summed E-state index contributed by atoms with van der Waals surface area (Å²) >= 11 is 0. The van der Waals surface area contributed by atoms with Crippen LogP contribution in [0, 0.1) is 5.41 Å². The molecule has 9 rings (SSSR count). The number of anilines is 9. The van der Waals surface area contributed by atoms with Gasteiger partial charge < -0.3 is 14.7 Å². The third-order valence-corrected chi connectivity index (χ3v) is 10.6. The van der Waals surface area contributed by atoms with E-state index in [0.717, 1.165) is 62.3 Å². The van der Waals surface area contributed by atoms with Crippen molar-refractivity contribution >= 4 is 69.1 Å². The Morgan fingerprint density at radius 2 is 0.556 bits per heavy atom. The smallest absolute Gasteiger partial charge is 0.161 e. The van der Waals surface area contributed by atoms with Crippen molar-refractivity contribution in [2.45, 2.75) is 0 Å². The van der Waals surface area contributed by atoms with Crippen LogP contribution in [0.2, 0.25) is 0 Å². The van der Waals surface area contributed by atoms with Gasteiger partial charge in [-0.05, 0) is 139 Å². The van der Waals surface area contributed by atoms with E-state index in [1.165, 1.54) is 0 Å². The number of amidine groups is 2. The normalized spacial score (nSPS) is 11.3. The highest BCUT2D eigenvalue weighted by Gasteiger charge is 2.16. The average Bonchev–Trinajstić information content (AvgIpc) is 3.36. The quantitative estimate of drug-likeness (QED) is 0.0987. The van der Waals surface area contributed by atoms with Crippen LogP contribution >= 0.6 is 0 Å². The number of aliphatic imine (C=N–C) groups is 2. The first-order valence-electron chi connectivity index (χ1n) is 20.9. The largest absolute Gasteiger partial charge is 0.311 e. The van der Waals surface area contributed by atoms with E-state index in [1.807, 2.05) is 128 Å². The maximum Gasteiger partial charge on any atom is 0.161 e. The standard InChI is InChI=1S/C57H44N6/c58-56(45-33-39-54(40-34-45)62(49-23-11-3-12-24-49)50-25-13-4-14-26-50)60-57(46-35-41-55(42-36-46)63(51-27-15-5-16-28-51)52-29-17-6-18-30-52)59-43-44-31-37-53(38-32-44)61(47-19-7-1-8-20-47)48-21-9-2-10-22-48/h1-43,58H. The van der Waals surface area contributed by atoms with Gasteiger partial charge in [-0.3, -0.25) is 5.41 Å². The molecule has 9 aromatic rings. The maximum absolute atomic E-state index is 9.28. The van der Waals surface area contributed by atoms with E-state index in [9.17, 15) is 5.41 Å². The minimum absolute atomic E-state index is 0.107. The molecule has 9 aromatic carbocycles. The lowest BCUT2D eigenvalue weighted by Gasteiger charge is -2.25. The number of nitrogens with zero attached hydrogens (tertiary/aromatic N) is 5. The van der Waals surface area contributed by atoms with E-state index in [4.69, 9.17) is 9.98 Å². The molecule has 0 spiro atoms. The maximum atomic E-state index is 9.28. The van der Waals surface area contributed by atoms with E-state index in [-0.39, 0.29) is 5.84 Å². The van der Waals surface area contributed by atoms with Gasteiger partial charge in [0.25, 0.3) is 0 Å². The Balaban J connectivity index is 1.05. The molecule has 63 heavy (non-hydrogen) atoms. The minimum atomic E-state index is 0.107. The summed E-state index contributed by atoms with van der Waals surface area (Å²) in [5.74, 6) is 0.534. The second-order valence-electron chi connectivity index (χ2n) is 14.7. The summed E-state index contributed by atoms with van der Waals surface area (Å²) in [6.45, 7) is 0. The molecule has 0 unspecified atom stereocenters. The first-order valence-corrected chi connectivity index (χ1v) is 20.9. The topological polar surface area (TPSA) is 58.3 Å². The fourth-order valence-corrected chi connectivity index (χ4v) is 7.52. The highest BCUT2D eigenvalue weighted by Crippen LogP contribution is 2.37. The van der Waals surface area contributed by atoms with Crippen LogP contribution < -0.4 is 14.7 Å². The molecule has 0 fully saturated rings. The monoisotopic (exact) mass is 812 g/mol. The Morgan fingerprint density at radius 3 is 0.857 bits per heavy atom. The molecule has 6 heteroatoms. The van der Waals surface area contributed by atoms with E-state index < -0.39 is 0 Å². The first-order chi connectivity index (χ1) is 31.2. The number of nitrogens with one attached hydrogen (secondary N) is 1. The highest BCUT2D eigenvalue weighted by atomic mass is 15.2. The summed E-state index contributed by atoms with van der Waals surface area (Å²) in [5, 5.41) is 9.28. The molecular formula is C57H44N6. The van der Waals surface area contributed by atoms with Crippen LogP contribution in [-0.4, -0.2) is 17.9 Å². The molecule has 0 saturated carbocycles. The molecule has 6 nitrogen and oxygen atoms in total. The van der Waals surface area contributed by atoms with Gasteiger partial charge in [-0.25, -0.2) is 9.98 Å². The van der Waals surface area contributed by atoms with E-state index in [1.54, 1.807) is 0 Å². The fourth-order valence-electron chi connectivity index (χ4n) is 7.52. The second-order valence-corrected chi connectivity index (χ2v) is 14.7. The lowest BCUT2D eigenvalue weighted by Crippen LogP contribution is -2.11. The van der Waals surface area contributed by atoms with Crippen molar-refractivity contribution in [1.29, 1.82) is 5.41 Å². The lowest BCUT2D eigenvalue weighted by atomic mass is 10.1. The minimum Gasteiger partial charge on any atom is -0.311 e. The third-order valence-electron chi connectivity index (χ3n) is 10.6. The molecule has 302 valence electrons. The second kappa shape index (κ2) is 19.2. The molecule has 0 aliphatic heterocycles. The molecule has 0 aromatic heterocycles. The summed E-state index contributed by atoms with van der Waals surface area (Å²) in [6.07, 6.45) is 1.82. The molecule has 0 atom stereocenters. The van der Waals surface area contributed by atoms with Gasteiger partial charge in [0.1, 0.15) is 0 Å². The fraction of sp³-hybridized carbons (Fsp3) is 0. The Labute approximate surface area is 369 Å². The van der Waals surface area contributed by atoms with Gasteiger partial charge in [0.15, 0.2) is 11.7 Å². The Kier molecular flexibility index (Phi) is 12.1. The van der Waals surface area contributed by atoms with Crippen molar-refractivity contribution in [2.24, 2.45) is 9.98 Å². The number of hydrogen-bond donors (Lipinski definition) is 1. The summed E-state index contributed by atoms with van der Waals surface area (Å²) < 4.78 is 0. The molecule has 0 amide bonds. The van der Waals surface area contributed by atoms with Crippen LogP contribution in [0.3, 0.4) is 0 Å². The van der Waals surface area contributed by atoms with Crippen LogP contribution in [0.25, 0.3) is 0 Å². The number of rotatable bonds is 12. The molecule has 0 heterocycles. The summed E-state index contributed by atoms with van der Waals surface area (Å²) in [4.78, 5) is 16.5. The van der Waals surface area contributed by atoms with Crippen LogP contribution in [0.15, 0.2) is 265 Å². The van der Waals surface area contributed by atoms with E-state index in [2.05, 4.69) is 148 Å². The van der Waals surface area contributed by atoms with E-state index in [0.29, 0.717) is 11.4 Å². The highest BCUT2D eigenvalue weighted by molar-refractivity contribution is 6.13. The van der Waals surface area contributed by atoms with Gasteiger partial charge in [-0.2, -0.15) is 0 Å². The van der Waals surface area contributed by atoms with Crippen molar-refractivity contribution in [3.63, 3.8) is 0 Å². The van der Waals surface area contributed by atoms with Gasteiger partial charge >= 0.3 is 0 Å². The van der Waals surface area contributed by atoms with Crippen molar-refractivity contribution < 1.29 is 0 Å². The molecule has 0 radical (unpaired) electrons. The van der Waals surface area contributed by atoms with Crippen LogP contribution in [-0.2, 0) is 0 Å². The zero-order valence-electron chi connectivity index (χ0n) is 34.6. The third kappa shape index (κ3) is 9.41. The summed E-state index contributed by atoms with van der Waals surface area (Å²) in [7, 11) is 0. The molecule has 0 aliphatic carbocycles. The van der Waals surface area contributed by atoms with E-state index >= 15 is 0 Å². The predicted octanol–water partition coefficient (Wildman–Crippen LogP) is 15.0. The van der Waals surface area contributed by atoms with Crippen LogP contribution in [0.5, 0.6) is 0 Å². The lowest BCUT2D eigenvalue weighted by molar-refractivity contribution is 1.28. The average molecular weight is 813 g/mol. The van der Waals surface area contributed by atoms with Crippen molar-refractivity contribution in [3.8, 4) is 0 Å². The number of hydrogen-bond acceptors (Lipinski definition) is 4. The molecule has 0 bridgehead atoms. The van der Waals surface area contributed by atoms with Crippen LogP contribution in [0.4, 0.5) is 51.2 Å². The van der Waals surface area contributed by atoms with Gasteiger partial charge in [-0.1, -0.05) is 121 Å². The Bertz CT molecular complexity index is 2790. The Hall–Kier alpha value is -8.61. The molecular weight excluding hydrogens is 769 g/mol. The van der Waals surface area contributed by atoms with Gasteiger partial charge in [0.2, 0.25) is 0 Å². The number of benzene rings is 9. The molecule has 1 N–H and O–H groups in total. The SMILES string of the molecule is N=C(N=C(N=Cc1ccc(N(c2ccccc2)c2ccccc2)cc1)c1ccc(N(c2ccccc2)c2ccccc2)cc1)c1ccc(N(c2ccccc2)c2ccccc2)cc1. The predicted molar refractivity (Wildman–Crippen MR) is 264 cm³/mol. The summed E-state index contributed by atoms with van der Waals surface area (Å²) in [6, 6.07) is 86.5. The summed E-state index contributed by atoms with van der Waals surface area (Å²) in [5.41, 5.74) is 11.7. The zero-order valence-corrected chi connectivity index (χ0v) is 34.6. The molecule has 0 saturated heterocycles. The molecule has 0 aliphatic rings. The van der Waals surface area contributed by atoms with Crippen molar-refractivity contribution in [1.82, 2.24) is 0 Å².